The number of rotatable bonds is 3. The number of hydrogen-bond donors (Lipinski definition) is 2. The molecule has 2 N–H and O–H groups in total. The summed E-state index contributed by atoms with van der Waals surface area (Å²) in [5, 5.41) is 9.48. The number of aliphatic hydroxyl groups is 1. The Morgan fingerprint density at radius 1 is 1.47 bits per heavy atom. The lowest BCUT2D eigenvalue weighted by atomic mass is 9.98. The van der Waals surface area contributed by atoms with Crippen molar-refractivity contribution in [1.29, 1.82) is 0 Å². The minimum atomic E-state index is -4.59. The third-order valence-electron chi connectivity index (χ3n) is 2.68. The number of nitrogens with zero attached hydrogens (tertiary/aromatic N) is 1. The molecule has 17 heavy (non-hydrogen) atoms. The highest BCUT2D eigenvalue weighted by Crippen LogP contribution is 2.19. The molecule has 102 valence electrons. The number of alkyl halides is 3. The van der Waals surface area contributed by atoms with Crippen molar-refractivity contribution >= 4 is 10.2 Å². The first-order valence-corrected chi connectivity index (χ1v) is 6.55. The summed E-state index contributed by atoms with van der Waals surface area (Å²) >= 11 is 0. The molecular weight excluding hydrogens is 261 g/mol. The van der Waals surface area contributed by atoms with E-state index in [1.54, 1.807) is 6.92 Å². The zero-order valence-electron chi connectivity index (χ0n) is 9.24. The molecule has 0 aromatic heterocycles. The maximum atomic E-state index is 11.9. The molecule has 0 saturated carbocycles. The van der Waals surface area contributed by atoms with Gasteiger partial charge in [0, 0.05) is 13.1 Å². The van der Waals surface area contributed by atoms with Gasteiger partial charge in [0.25, 0.3) is 10.2 Å². The number of piperidine rings is 1. The number of hydrogen-bond acceptors (Lipinski definition) is 3. The minimum Gasteiger partial charge on any atom is -0.391 e. The largest absolute Gasteiger partial charge is 0.402 e. The summed E-state index contributed by atoms with van der Waals surface area (Å²) < 4.78 is 61.0. The molecule has 0 spiro atoms. The van der Waals surface area contributed by atoms with Crippen LogP contribution >= 0.6 is 0 Å². The summed E-state index contributed by atoms with van der Waals surface area (Å²) in [4.78, 5) is 0. The Hall–Kier alpha value is -0.380. The molecule has 0 aromatic carbocycles. The Morgan fingerprint density at radius 3 is 2.53 bits per heavy atom. The smallest absolute Gasteiger partial charge is 0.391 e. The van der Waals surface area contributed by atoms with Crippen LogP contribution in [0.5, 0.6) is 0 Å². The van der Waals surface area contributed by atoms with Gasteiger partial charge in [-0.1, -0.05) is 6.92 Å². The Labute approximate surface area is 97.8 Å². The van der Waals surface area contributed by atoms with E-state index < -0.39 is 29.0 Å². The van der Waals surface area contributed by atoms with E-state index in [1.165, 1.54) is 4.72 Å². The quantitative estimate of drug-likeness (QED) is 0.767. The molecule has 1 fully saturated rings. The lowest BCUT2D eigenvalue weighted by Gasteiger charge is -2.33. The van der Waals surface area contributed by atoms with Gasteiger partial charge in [-0.15, -0.1) is 0 Å². The van der Waals surface area contributed by atoms with Crippen molar-refractivity contribution in [2.75, 3.05) is 19.6 Å². The first-order valence-electron chi connectivity index (χ1n) is 5.11. The van der Waals surface area contributed by atoms with E-state index in [0.29, 0.717) is 6.42 Å². The zero-order chi connectivity index (χ0) is 13.3. The third-order valence-corrected chi connectivity index (χ3v) is 4.20. The van der Waals surface area contributed by atoms with E-state index in [0.717, 1.165) is 4.31 Å². The summed E-state index contributed by atoms with van der Waals surface area (Å²) in [6.45, 7) is 0.106. The van der Waals surface area contributed by atoms with Crippen molar-refractivity contribution in [3.8, 4) is 0 Å². The molecule has 1 aliphatic rings. The van der Waals surface area contributed by atoms with Crippen LogP contribution in [0.3, 0.4) is 0 Å². The van der Waals surface area contributed by atoms with Crippen LogP contribution < -0.4 is 4.72 Å². The molecular formula is C8H15F3N2O3S. The Bertz CT molecular complexity index is 358. The highest BCUT2D eigenvalue weighted by molar-refractivity contribution is 7.87. The van der Waals surface area contributed by atoms with Gasteiger partial charge in [-0.2, -0.15) is 30.6 Å². The molecule has 1 saturated heterocycles. The number of halogens is 3. The van der Waals surface area contributed by atoms with Gasteiger partial charge in [-0.25, -0.2) is 0 Å². The van der Waals surface area contributed by atoms with Gasteiger partial charge in [0.05, 0.1) is 6.10 Å². The maximum absolute atomic E-state index is 11.9. The first-order chi connectivity index (χ1) is 7.62. The Balaban J connectivity index is 2.59. The van der Waals surface area contributed by atoms with Crippen LogP contribution in [0, 0.1) is 5.92 Å². The fourth-order valence-electron chi connectivity index (χ4n) is 1.50. The van der Waals surface area contributed by atoms with Crippen LogP contribution in [0.2, 0.25) is 0 Å². The molecule has 2 unspecified atom stereocenters. The van der Waals surface area contributed by atoms with Crippen LogP contribution in [0.1, 0.15) is 13.3 Å². The topological polar surface area (TPSA) is 69.6 Å². The van der Waals surface area contributed by atoms with E-state index in [9.17, 15) is 26.7 Å². The highest BCUT2D eigenvalue weighted by atomic mass is 32.2. The predicted octanol–water partition coefficient (Wildman–Crippen LogP) is 0.0858. The molecule has 1 rings (SSSR count). The van der Waals surface area contributed by atoms with E-state index in [-0.39, 0.29) is 19.0 Å². The average molecular weight is 276 g/mol. The van der Waals surface area contributed by atoms with E-state index in [1.807, 2.05) is 0 Å². The summed E-state index contributed by atoms with van der Waals surface area (Å²) in [5.74, 6) is -0.0518. The summed E-state index contributed by atoms with van der Waals surface area (Å²) in [6, 6.07) is 0. The molecule has 0 bridgehead atoms. The summed E-state index contributed by atoms with van der Waals surface area (Å²) in [7, 11) is -4.17. The van der Waals surface area contributed by atoms with Crippen molar-refractivity contribution < 1.29 is 26.7 Å². The second-order valence-electron chi connectivity index (χ2n) is 4.13. The van der Waals surface area contributed by atoms with Crippen LogP contribution in [-0.4, -0.2) is 49.7 Å². The van der Waals surface area contributed by atoms with Crippen molar-refractivity contribution in [1.82, 2.24) is 9.03 Å². The molecule has 0 aromatic rings. The van der Waals surface area contributed by atoms with Crippen molar-refractivity contribution in [2.24, 2.45) is 5.92 Å². The zero-order valence-corrected chi connectivity index (χ0v) is 10.1. The molecule has 5 nitrogen and oxygen atoms in total. The molecule has 0 aliphatic carbocycles. The van der Waals surface area contributed by atoms with E-state index in [4.69, 9.17) is 0 Å². The molecule has 2 atom stereocenters. The predicted molar refractivity (Wildman–Crippen MR) is 54.3 cm³/mol. The third kappa shape index (κ3) is 4.41. The monoisotopic (exact) mass is 276 g/mol. The van der Waals surface area contributed by atoms with E-state index >= 15 is 0 Å². The fourth-order valence-corrected chi connectivity index (χ4v) is 2.73. The molecule has 9 heteroatoms. The minimum absolute atomic E-state index is 0.0518. The second-order valence-corrected chi connectivity index (χ2v) is 5.89. The number of nitrogens with one attached hydrogen (secondary N) is 1. The van der Waals surface area contributed by atoms with Crippen molar-refractivity contribution in [3.05, 3.63) is 0 Å². The second kappa shape index (κ2) is 5.09. The maximum Gasteiger partial charge on any atom is 0.402 e. The van der Waals surface area contributed by atoms with Gasteiger partial charge in [0.2, 0.25) is 0 Å². The van der Waals surface area contributed by atoms with Gasteiger partial charge in [0.1, 0.15) is 6.54 Å². The lowest BCUT2D eigenvalue weighted by molar-refractivity contribution is -0.121. The SMILES string of the molecule is CC1CCN(S(=O)(=O)NCC(F)(F)F)CC1O. The molecule has 1 aliphatic heterocycles. The van der Waals surface area contributed by atoms with Gasteiger partial charge in [-0.05, 0) is 12.3 Å². The Kier molecular flexibility index (Phi) is 4.39. The number of β-amino-alcohol motifs (C(OH)–C–C–N with tert-alkyl or cyclic N) is 1. The van der Waals surface area contributed by atoms with Gasteiger partial charge < -0.3 is 5.11 Å². The molecule has 0 amide bonds. The highest BCUT2D eigenvalue weighted by Gasteiger charge is 2.35. The normalized spacial score (nSPS) is 28.3. The van der Waals surface area contributed by atoms with Crippen molar-refractivity contribution in [3.63, 3.8) is 0 Å². The Morgan fingerprint density at radius 2 is 2.06 bits per heavy atom. The lowest BCUT2D eigenvalue weighted by Crippen LogP contribution is -2.51. The standard InChI is InChI=1S/C8H15F3N2O3S/c1-6-2-3-13(4-7(6)14)17(15,16)12-5-8(9,10)11/h6-7,12,14H,2-5H2,1H3. The summed E-state index contributed by atoms with van der Waals surface area (Å²) in [5.41, 5.74) is 0. The van der Waals surface area contributed by atoms with Crippen LogP contribution in [0.25, 0.3) is 0 Å². The number of aliphatic hydroxyl groups excluding tert-OH is 1. The van der Waals surface area contributed by atoms with E-state index in [2.05, 4.69) is 0 Å². The van der Waals surface area contributed by atoms with Crippen LogP contribution in [-0.2, 0) is 10.2 Å². The summed E-state index contributed by atoms with van der Waals surface area (Å²) in [6.07, 6.45) is -5.01. The molecule has 0 radical (unpaired) electrons. The molecule has 1 heterocycles. The van der Waals surface area contributed by atoms with Crippen LogP contribution in [0.4, 0.5) is 13.2 Å². The van der Waals surface area contributed by atoms with Gasteiger partial charge in [-0.3, -0.25) is 0 Å². The van der Waals surface area contributed by atoms with Gasteiger partial charge in [0.15, 0.2) is 0 Å². The average Bonchev–Trinajstić information content (AvgIpc) is 2.18. The fraction of sp³-hybridized carbons (Fsp3) is 1.00. The van der Waals surface area contributed by atoms with Crippen LogP contribution in [0.15, 0.2) is 0 Å². The van der Waals surface area contributed by atoms with Gasteiger partial charge >= 0.3 is 6.18 Å². The van der Waals surface area contributed by atoms with Crippen molar-refractivity contribution in [2.45, 2.75) is 25.6 Å². The first kappa shape index (κ1) is 14.7.